The van der Waals surface area contributed by atoms with E-state index in [9.17, 15) is 0 Å². The van der Waals surface area contributed by atoms with Crippen LogP contribution in [0.4, 0.5) is 0 Å². The molecule has 0 saturated carbocycles. The van der Waals surface area contributed by atoms with E-state index in [1.165, 1.54) is 145 Å². The van der Waals surface area contributed by atoms with E-state index in [1.54, 1.807) is 0 Å². The average molecular weight is 1200 g/mol. The Morgan fingerprint density at radius 2 is 0.533 bits per heavy atom. The number of rotatable bonds is 10. The third-order valence-electron chi connectivity index (χ3n) is 17.6. The third-order valence-corrected chi connectivity index (χ3v) is 17.6. The van der Waals surface area contributed by atoms with E-state index in [1.807, 2.05) is 0 Å². The van der Waals surface area contributed by atoms with Crippen LogP contribution < -0.4 is 22.8 Å². The fourth-order valence-electron chi connectivity index (χ4n) is 11.8. The molecule has 0 fully saturated rings. The van der Waals surface area contributed by atoms with Gasteiger partial charge in [0.1, 0.15) is 35.2 Å². The van der Waals surface area contributed by atoms with Gasteiger partial charge in [-0.05, 0) is 205 Å². The Hall–Kier alpha value is -8.15. The molecule has 0 radical (unpaired) electrons. The summed E-state index contributed by atoms with van der Waals surface area (Å²) in [5.74, 6) is 2.31. The van der Waals surface area contributed by atoms with Crippen molar-refractivity contribution in [2.45, 2.75) is 169 Å². The van der Waals surface area contributed by atoms with Crippen LogP contribution in [0.25, 0.3) is 56.3 Å². The van der Waals surface area contributed by atoms with Crippen molar-refractivity contribution in [3.05, 3.63) is 266 Å². The zero-order chi connectivity index (χ0) is 66.4. The number of pyridine rings is 5. The van der Waals surface area contributed by atoms with Crippen molar-refractivity contribution in [1.82, 2.24) is 0 Å². The first-order chi connectivity index (χ1) is 42.5. The van der Waals surface area contributed by atoms with Crippen LogP contribution in [0, 0.1) is 76.2 Å². The molecule has 0 saturated heterocycles. The van der Waals surface area contributed by atoms with Gasteiger partial charge in [-0.25, -0.2) is 22.8 Å². The van der Waals surface area contributed by atoms with Crippen LogP contribution in [0.2, 0.25) is 0 Å². The van der Waals surface area contributed by atoms with Gasteiger partial charge < -0.3 is 0 Å². The van der Waals surface area contributed by atoms with Crippen LogP contribution in [-0.2, 0) is 41.7 Å². The predicted molar refractivity (Wildman–Crippen MR) is 383 cm³/mol. The molecule has 0 atom stereocenters. The number of aryl methyl sites for hydroxylation is 17. The zero-order valence-corrected chi connectivity index (χ0v) is 60.0. The van der Waals surface area contributed by atoms with Crippen LogP contribution in [0.3, 0.4) is 0 Å². The molecule has 5 aromatic heterocycles. The highest BCUT2D eigenvalue weighted by Gasteiger charge is 2.19. The van der Waals surface area contributed by atoms with Gasteiger partial charge in [0.25, 0.3) is 0 Å². The Kier molecular flexibility index (Phi) is 25.2. The first kappa shape index (κ1) is 70.9. The lowest BCUT2D eigenvalue weighted by molar-refractivity contribution is -0.661. The molecule has 5 heterocycles. The van der Waals surface area contributed by atoms with Crippen LogP contribution in [-0.4, -0.2) is 0 Å². The highest BCUT2D eigenvalue weighted by Crippen LogP contribution is 2.29. The highest BCUT2D eigenvalue weighted by atomic mass is 14.9. The molecule has 0 aliphatic carbocycles. The molecule has 0 bridgehead atoms. The van der Waals surface area contributed by atoms with E-state index < -0.39 is 0 Å². The lowest BCUT2D eigenvalue weighted by Gasteiger charge is -2.11. The Labute approximate surface area is 545 Å². The van der Waals surface area contributed by atoms with Crippen molar-refractivity contribution in [3.63, 3.8) is 0 Å². The molecular formula is C85H110N5+5. The summed E-state index contributed by atoms with van der Waals surface area (Å²) in [4.78, 5) is 0. The maximum absolute atomic E-state index is 2.32. The van der Waals surface area contributed by atoms with E-state index in [-0.39, 0.29) is 0 Å². The summed E-state index contributed by atoms with van der Waals surface area (Å²) in [5.41, 5.74) is 34.6. The molecule has 5 heteroatoms. The second-order valence-electron chi connectivity index (χ2n) is 26.9. The van der Waals surface area contributed by atoms with Crippen LogP contribution in [0.15, 0.2) is 177 Å². The molecule has 10 rings (SSSR count). The molecular weight excluding hydrogens is 1090 g/mol. The fraction of sp³-hybridized carbons (Fsp3) is 0.353. The van der Waals surface area contributed by atoms with Crippen LogP contribution in [0.5, 0.6) is 0 Å². The van der Waals surface area contributed by atoms with E-state index in [0.29, 0.717) is 23.7 Å². The minimum atomic E-state index is 0.569. The number of benzene rings is 5. The lowest BCUT2D eigenvalue weighted by atomic mass is 9.95. The largest absolute Gasteiger partial charge is 0.212 e. The number of hydrogen-bond donors (Lipinski definition) is 0. The van der Waals surface area contributed by atoms with E-state index in [2.05, 4.69) is 373 Å². The molecule has 470 valence electrons. The molecule has 10 aromatic rings. The molecule has 5 nitrogen and oxygen atoms in total. The van der Waals surface area contributed by atoms with Gasteiger partial charge in [-0.15, -0.1) is 0 Å². The summed E-state index contributed by atoms with van der Waals surface area (Å²) in [6.45, 7) is 43.9. The van der Waals surface area contributed by atoms with E-state index in [4.69, 9.17) is 0 Å². The summed E-state index contributed by atoms with van der Waals surface area (Å²) >= 11 is 0. The second kappa shape index (κ2) is 32.0. The van der Waals surface area contributed by atoms with Gasteiger partial charge in [0.2, 0.25) is 28.5 Å². The average Bonchev–Trinajstić information content (AvgIpc) is 1.08. The third kappa shape index (κ3) is 18.7. The smallest absolute Gasteiger partial charge is 0.201 e. The zero-order valence-electron chi connectivity index (χ0n) is 60.0. The first-order valence-corrected chi connectivity index (χ1v) is 32.8. The Morgan fingerprint density at radius 1 is 0.244 bits per heavy atom. The van der Waals surface area contributed by atoms with Crippen molar-refractivity contribution in [1.29, 1.82) is 0 Å². The van der Waals surface area contributed by atoms with Crippen molar-refractivity contribution < 1.29 is 22.8 Å². The summed E-state index contributed by atoms with van der Waals surface area (Å²) < 4.78 is 11.1. The highest BCUT2D eigenvalue weighted by molar-refractivity contribution is 5.65. The monoisotopic (exact) mass is 1200 g/mol. The number of nitrogens with zero attached hydrogens (tertiary/aromatic N) is 5. The summed E-state index contributed by atoms with van der Waals surface area (Å²) in [5, 5.41) is 0. The maximum Gasteiger partial charge on any atom is 0.212 e. The van der Waals surface area contributed by atoms with Gasteiger partial charge >= 0.3 is 0 Å². The van der Waals surface area contributed by atoms with E-state index in [0.717, 1.165) is 6.42 Å². The van der Waals surface area contributed by atoms with Crippen molar-refractivity contribution in [2.24, 2.45) is 35.2 Å². The van der Waals surface area contributed by atoms with Gasteiger partial charge in [-0.2, -0.15) is 0 Å². The van der Waals surface area contributed by atoms with Gasteiger partial charge in [0.05, 0.1) is 0 Å². The predicted octanol–water partition coefficient (Wildman–Crippen LogP) is 19.3. The van der Waals surface area contributed by atoms with Crippen molar-refractivity contribution in [3.8, 4) is 56.3 Å². The molecule has 0 unspecified atom stereocenters. The quantitative estimate of drug-likeness (QED) is 0.122. The summed E-state index contributed by atoms with van der Waals surface area (Å²) in [6.07, 6.45) is 12.2. The minimum absolute atomic E-state index is 0.569. The second-order valence-corrected chi connectivity index (χ2v) is 26.9. The fourth-order valence-corrected chi connectivity index (χ4v) is 11.8. The number of hydrogen-bond acceptors (Lipinski definition) is 0. The topological polar surface area (TPSA) is 19.4 Å². The molecule has 0 N–H and O–H groups in total. The Morgan fingerprint density at radius 3 is 0.856 bits per heavy atom. The maximum atomic E-state index is 2.32. The van der Waals surface area contributed by atoms with Crippen molar-refractivity contribution >= 4 is 0 Å². The van der Waals surface area contributed by atoms with Gasteiger partial charge in [0.15, 0.2) is 31.0 Å². The SMILES string of the molecule is CCc1ccc(-c2ccc(C)cc2C)[n+](C)c1.Cc1cc(C(C)C)ccc1-c1ccc(C(C)C)c[n+]1C.Cc1ccc(-c2cc(C)c(C)c[n+]2C)c(C)c1.Cc1ccc(-c2ccc(C(C)C)c[n+]2C)c(C)c1.Cc1ccc(-c2ccc(C(C)C)cc2C)[n+](C)c1. The minimum Gasteiger partial charge on any atom is -0.201 e. The van der Waals surface area contributed by atoms with Crippen LogP contribution in [0.1, 0.15) is 175 Å². The normalized spacial score (nSPS) is 10.9. The molecule has 0 spiro atoms. The van der Waals surface area contributed by atoms with Gasteiger partial charge in [-0.1, -0.05) is 140 Å². The Balaban J connectivity index is 0.000000179. The molecule has 0 aliphatic rings. The summed E-state index contributed by atoms with van der Waals surface area (Å²) in [6, 6.07) is 53.6. The molecule has 0 amide bonds. The Bertz CT molecular complexity index is 3920. The summed E-state index contributed by atoms with van der Waals surface area (Å²) in [7, 11) is 10.6. The molecule has 0 aliphatic heterocycles. The molecule has 90 heavy (non-hydrogen) atoms. The van der Waals surface area contributed by atoms with E-state index >= 15 is 0 Å². The van der Waals surface area contributed by atoms with Crippen LogP contribution >= 0.6 is 0 Å². The number of aromatic nitrogens is 5. The van der Waals surface area contributed by atoms with Gasteiger partial charge in [0, 0.05) is 86.0 Å². The molecule has 5 aromatic carbocycles. The lowest BCUT2D eigenvalue weighted by Crippen LogP contribution is -2.31. The van der Waals surface area contributed by atoms with Gasteiger partial charge in [-0.3, -0.25) is 0 Å². The first-order valence-electron chi connectivity index (χ1n) is 32.8. The van der Waals surface area contributed by atoms with Crippen molar-refractivity contribution in [2.75, 3.05) is 0 Å². The standard InChI is InChI=1S/C19H26N.2C17H22N.2C16H20N/c1-13(2)16-7-9-18(15(5)11-16)19-10-8-17(14(3)4)12-20(19)6;1-12(2)15-7-8-16(14(4)10-15)17-9-6-13(3)11-18(17)5;1-12(2)15-7-9-17(18(5)11-15)16-8-6-13(3)10-14(16)4;1-11-6-7-15(13(3)8-11)16-9-12(2)14(4)10-17(16)5;1-5-14-7-9-16(17(4)11-14)15-8-6-12(2)10-13(15)3/h7-14H,1-6H3;2*6-12H,1-5H3;6-10H,1-5H3;6-11H,5H2,1-4H3/q5*+1.